The van der Waals surface area contributed by atoms with Crippen LogP contribution in [0.2, 0.25) is 0 Å². The maximum absolute atomic E-state index is 13.5. The van der Waals surface area contributed by atoms with Gasteiger partial charge in [-0.1, -0.05) is 24.3 Å². The Balaban J connectivity index is 1.15. The van der Waals surface area contributed by atoms with E-state index in [0.717, 1.165) is 5.95 Å². The van der Waals surface area contributed by atoms with E-state index in [1.54, 1.807) is 65.7 Å². The number of anilines is 2. The molecule has 3 heterocycles. The van der Waals surface area contributed by atoms with Crippen molar-refractivity contribution in [2.75, 3.05) is 30.6 Å². The fourth-order valence-electron chi connectivity index (χ4n) is 5.64. The number of hydrogen-bond acceptors (Lipinski definition) is 6. The minimum absolute atomic E-state index is 0.263. The lowest BCUT2D eigenvalue weighted by molar-refractivity contribution is -0.684. The highest BCUT2D eigenvalue weighted by molar-refractivity contribution is 6.22. The summed E-state index contributed by atoms with van der Waals surface area (Å²) in [5, 5.41) is 1.80. The van der Waals surface area contributed by atoms with E-state index in [0.29, 0.717) is 53.9 Å². The summed E-state index contributed by atoms with van der Waals surface area (Å²) in [5.74, 6) is -0.724. The normalized spacial score (nSPS) is 14.0. The lowest BCUT2D eigenvalue weighted by Crippen LogP contribution is -2.44. The van der Waals surface area contributed by atoms with E-state index >= 15 is 0 Å². The highest BCUT2D eigenvalue weighted by Crippen LogP contribution is 2.24. The molecular formula is C32H30FN6O4+. The van der Waals surface area contributed by atoms with Crippen molar-refractivity contribution in [3.8, 4) is 0 Å². The quantitative estimate of drug-likeness (QED) is 0.165. The minimum atomic E-state index is -0.340. The molecule has 10 nitrogen and oxygen atoms in total. The summed E-state index contributed by atoms with van der Waals surface area (Å²) in [4.78, 5) is 53.8. The molecule has 0 unspecified atom stereocenters. The van der Waals surface area contributed by atoms with E-state index in [9.17, 15) is 23.6 Å². The first-order valence-corrected chi connectivity index (χ1v) is 14.1. The number of carbonyl (C=O) groups is 4. The van der Waals surface area contributed by atoms with Gasteiger partial charge in [0.15, 0.2) is 0 Å². The molecule has 2 aliphatic heterocycles. The number of nitrogens with one attached hydrogen (secondary N) is 1. The molecule has 4 aromatic rings. The Kier molecular flexibility index (Phi) is 7.45. The molecule has 0 fully saturated rings. The van der Waals surface area contributed by atoms with Crippen LogP contribution in [0.3, 0.4) is 0 Å². The molecule has 6 rings (SSSR count). The van der Waals surface area contributed by atoms with Crippen molar-refractivity contribution in [3.05, 3.63) is 113 Å². The first-order valence-electron chi connectivity index (χ1n) is 14.1. The second-order valence-electron chi connectivity index (χ2n) is 10.5. The number of rotatable bonds is 11. The van der Waals surface area contributed by atoms with E-state index in [-0.39, 0.29) is 42.5 Å². The Bertz CT molecular complexity index is 1560. The molecule has 0 saturated carbocycles. The number of hydrogen-bond donors (Lipinski definition) is 1. The van der Waals surface area contributed by atoms with Crippen LogP contribution in [0.4, 0.5) is 16.0 Å². The molecule has 0 atom stereocenters. The molecule has 3 aromatic carbocycles. The summed E-state index contributed by atoms with van der Waals surface area (Å²) in [5.41, 5.74) is 5.63. The number of nitrogens with zero attached hydrogens (tertiary/aromatic N) is 5. The van der Waals surface area contributed by atoms with Gasteiger partial charge in [-0.05, 0) is 61.4 Å². The molecule has 43 heavy (non-hydrogen) atoms. The van der Waals surface area contributed by atoms with Crippen molar-refractivity contribution >= 4 is 35.3 Å². The van der Waals surface area contributed by atoms with Gasteiger partial charge in [0.2, 0.25) is 0 Å². The average molecular weight is 582 g/mol. The van der Waals surface area contributed by atoms with Crippen LogP contribution in [-0.2, 0) is 13.1 Å². The smallest absolute Gasteiger partial charge is 0.274 e. The molecule has 218 valence electrons. The van der Waals surface area contributed by atoms with Gasteiger partial charge in [-0.25, -0.2) is 19.0 Å². The topological polar surface area (TPSA) is 98.8 Å². The number of halogens is 1. The van der Waals surface area contributed by atoms with Crippen molar-refractivity contribution in [2.24, 2.45) is 0 Å². The molecule has 4 amide bonds. The molecule has 1 aromatic heterocycles. The fourth-order valence-corrected chi connectivity index (χ4v) is 5.64. The van der Waals surface area contributed by atoms with Crippen LogP contribution in [0.25, 0.3) is 0 Å². The van der Waals surface area contributed by atoms with Crippen LogP contribution in [0.1, 0.15) is 54.3 Å². The summed E-state index contributed by atoms with van der Waals surface area (Å²) in [6.07, 6.45) is 4.85. The Labute approximate surface area is 247 Å². The van der Waals surface area contributed by atoms with Crippen LogP contribution in [-0.4, -0.2) is 58.1 Å². The zero-order chi connectivity index (χ0) is 30.1. The van der Waals surface area contributed by atoms with Crippen LogP contribution >= 0.6 is 0 Å². The zero-order valence-corrected chi connectivity index (χ0v) is 23.6. The largest absolute Gasteiger partial charge is 0.381 e. The lowest BCUT2D eigenvalue weighted by Gasteiger charge is -2.19. The van der Waals surface area contributed by atoms with E-state index < -0.39 is 0 Å². The number of imidazole rings is 1. The number of imide groups is 2. The molecule has 0 radical (unpaired) electrons. The maximum Gasteiger partial charge on any atom is 0.381 e. The number of aryl methyl sites for hydroxylation is 2. The van der Waals surface area contributed by atoms with E-state index in [2.05, 4.69) is 5.43 Å². The standard InChI is InChI=1S/C32H30FN6O4/c1-35(34-23-14-12-22(33)13-15-23)32-36(16-6-18-38-28(40)24-8-2-3-9-25(24)29(38)41)20-21-37(32)17-7-19-39-30(42)26-10-4-5-11-27(26)31(39)43/h2-5,8-15,20-21,34H,6-7,16-19H2,1H3/q+1. The third-order valence-corrected chi connectivity index (χ3v) is 7.70. The zero-order valence-electron chi connectivity index (χ0n) is 23.6. The first kappa shape index (κ1) is 27.8. The van der Waals surface area contributed by atoms with Gasteiger partial charge in [-0.2, -0.15) is 5.01 Å². The summed E-state index contributed by atoms with van der Waals surface area (Å²) in [7, 11) is 1.83. The summed E-state index contributed by atoms with van der Waals surface area (Å²) in [6.45, 7) is 1.53. The monoisotopic (exact) mass is 581 g/mol. The van der Waals surface area contributed by atoms with Gasteiger partial charge in [0, 0.05) is 13.1 Å². The third kappa shape index (κ3) is 5.25. The van der Waals surface area contributed by atoms with Gasteiger partial charge in [-0.3, -0.25) is 29.0 Å². The second-order valence-corrected chi connectivity index (χ2v) is 10.5. The Hall–Kier alpha value is -5.32. The highest BCUT2D eigenvalue weighted by Gasteiger charge is 2.36. The number of aromatic nitrogens is 2. The summed E-state index contributed by atoms with van der Waals surface area (Å²) in [6, 6.07) is 19.7. The Morgan fingerprint density at radius 2 is 1.19 bits per heavy atom. The summed E-state index contributed by atoms with van der Waals surface area (Å²) < 4.78 is 17.5. The third-order valence-electron chi connectivity index (χ3n) is 7.70. The highest BCUT2D eigenvalue weighted by atomic mass is 19.1. The van der Waals surface area contributed by atoms with Crippen molar-refractivity contribution in [3.63, 3.8) is 0 Å². The van der Waals surface area contributed by atoms with Crippen LogP contribution in [0.5, 0.6) is 0 Å². The number of fused-ring (bicyclic) bond motifs is 2. The molecule has 0 spiro atoms. The SMILES string of the molecule is CN(Nc1ccc(F)cc1)c1n(CCCN2C(=O)c3ccccc3C2=O)cc[n+]1CCCN1C(=O)c2ccccc2C1=O. The molecule has 11 heteroatoms. The molecular weight excluding hydrogens is 551 g/mol. The summed E-state index contributed by atoms with van der Waals surface area (Å²) >= 11 is 0. The number of amides is 4. The van der Waals surface area contributed by atoms with Crippen molar-refractivity contribution < 1.29 is 28.1 Å². The van der Waals surface area contributed by atoms with Gasteiger partial charge in [-0.15, -0.1) is 0 Å². The van der Waals surface area contributed by atoms with Crippen molar-refractivity contribution in [1.82, 2.24) is 14.4 Å². The van der Waals surface area contributed by atoms with Gasteiger partial charge in [0.1, 0.15) is 5.82 Å². The molecule has 0 bridgehead atoms. The van der Waals surface area contributed by atoms with Crippen LogP contribution in [0.15, 0.2) is 85.2 Å². The van der Waals surface area contributed by atoms with E-state index in [4.69, 9.17) is 0 Å². The number of carbonyl (C=O) groups excluding carboxylic acids is 4. The molecule has 2 aliphatic rings. The maximum atomic E-state index is 13.5. The molecule has 0 aliphatic carbocycles. The average Bonchev–Trinajstić information content (AvgIpc) is 3.61. The van der Waals surface area contributed by atoms with Crippen LogP contribution in [0, 0.1) is 5.82 Å². The molecule has 1 N–H and O–H groups in total. The Morgan fingerprint density at radius 1 is 0.698 bits per heavy atom. The molecule has 0 saturated heterocycles. The lowest BCUT2D eigenvalue weighted by atomic mass is 10.1. The van der Waals surface area contributed by atoms with Gasteiger partial charge >= 0.3 is 5.95 Å². The van der Waals surface area contributed by atoms with E-state index in [1.165, 1.54) is 21.9 Å². The predicted octanol–water partition coefficient (Wildman–Crippen LogP) is 3.75. The van der Waals surface area contributed by atoms with Crippen molar-refractivity contribution in [1.29, 1.82) is 0 Å². The minimum Gasteiger partial charge on any atom is -0.274 e. The second kappa shape index (κ2) is 11.5. The van der Waals surface area contributed by atoms with Gasteiger partial charge in [0.05, 0.1) is 60.5 Å². The van der Waals surface area contributed by atoms with E-state index in [1.807, 2.05) is 28.6 Å². The number of hydrazine groups is 1. The van der Waals surface area contributed by atoms with Gasteiger partial charge in [0.25, 0.3) is 23.6 Å². The predicted molar refractivity (Wildman–Crippen MR) is 156 cm³/mol. The Morgan fingerprint density at radius 3 is 1.70 bits per heavy atom. The van der Waals surface area contributed by atoms with Gasteiger partial charge < -0.3 is 0 Å². The first-order chi connectivity index (χ1) is 20.8. The fraction of sp³-hybridized carbons (Fsp3) is 0.219. The number of benzene rings is 3. The van der Waals surface area contributed by atoms with Crippen molar-refractivity contribution in [2.45, 2.75) is 25.9 Å². The van der Waals surface area contributed by atoms with Crippen LogP contribution < -0.4 is 15.0 Å².